The number of carbonyl (C=O) groups is 3. The molecule has 42 heavy (non-hydrogen) atoms. The highest BCUT2D eigenvalue weighted by molar-refractivity contribution is 5.92. The molecule has 7 nitrogen and oxygen atoms in total. The molecular weight excluding hydrogens is 526 g/mol. The number of nitrogens with one attached hydrogen (secondary N) is 2. The summed E-state index contributed by atoms with van der Waals surface area (Å²) in [5, 5.41) is 5.91. The van der Waals surface area contributed by atoms with Gasteiger partial charge in [0.05, 0.1) is 0 Å². The van der Waals surface area contributed by atoms with Crippen molar-refractivity contribution in [2.24, 2.45) is 0 Å². The summed E-state index contributed by atoms with van der Waals surface area (Å²) in [5.74, 6) is -0.550. The first-order valence-electron chi connectivity index (χ1n) is 15.4. The zero-order chi connectivity index (χ0) is 31.0. The van der Waals surface area contributed by atoms with Gasteiger partial charge in [-0.15, -0.1) is 0 Å². The van der Waals surface area contributed by atoms with Gasteiger partial charge in [0.25, 0.3) is 0 Å². The standard InChI is InChI=1S/C35H51N3O4/c1-7-10-12-17-24-38(31(32(39)36-23-16-11-8-2)29-22-18-21-27(9-3)25-29)33(40)30(26-28-19-14-13-15-20-28)37-34(41)42-35(4,5)6/h9,13-15,18-22,25,30-31H,3,7-8,10-12,16-17,23-24,26H2,1-2,4-6H3,(H,36,39)(H,37,41). The normalized spacial score (nSPS) is 12.6. The summed E-state index contributed by atoms with van der Waals surface area (Å²) in [4.78, 5) is 43.0. The zero-order valence-electron chi connectivity index (χ0n) is 26.3. The van der Waals surface area contributed by atoms with Gasteiger partial charge < -0.3 is 20.3 Å². The first-order chi connectivity index (χ1) is 20.1. The number of ether oxygens (including phenoxy) is 1. The van der Waals surface area contributed by atoms with Crippen LogP contribution in [-0.4, -0.2) is 47.5 Å². The summed E-state index contributed by atoms with van der Waals surface area (Å²) in [6.45, 7) is 14.4. The van der Waals surface area contributed by atoms with Gasteiger partial charge in [-0.25, -0.2) is 4.79 Å². The third-order valence-electron chi connectivity index (χ3n) is 6.91. The third kappa shape index (κ3) is 12.1. The average Bonchev–Trinajstić information content (AvgIpc) is 2.95. The van der Waals surface area contributed by atoms with Gasteiger partial charge in [0.2, 0.25) is 11.8 Å². The van der Waals surface area contributed by atoms with E-state index in [-0.39, 0.29) is 18.2 Å². The van der Waals surface area contributed by atoms with Gasteiger partial charge in [0.15, 0.2) is 0 Å². The number of rotatable bonds is 17. The van der Waals surface area contributed by atoms with Crippen molar-refractivity contribution in [3.8, 4) is 0 Å². The highest BCUT2D eigenvalue weighted by Gasteiger charge is 2.36. The topological polar surface area (TPSA) is 87.7 Å². The van der Waals surface area contributed by atoms with E-state index in [1.807, 2.05) is 54.6 Å². The molecule has 0 heterocycles. The number of unbranched alkanes of at least 4 members (excludes halogenated alkanes) is 5. The quantitative estimate of drug-likeness (QED) is 0.194. The molecular formula is C35H51N3O4. The van der Waals surface area contributed by atoms with Gasteiger partial charge in [-0.2, -0.15) is 0 Å². The summed E-state index contributed by atoms with van der Waals surface area (Å²) in [5.41, 5.74) is 1.74. The lowest BCUT2D eigenvalue weighted by Crippen LogP contribution is -2.54. The lowest BCUT2D eigenvalue weighted by Gasteiger charge is -2.35. The van der Waals surface area contributed by atoms with Gasteiger partial charge >= 0.3 is 6.09 Å². The maximum atomic E-state index is 14.5. The number of hydrogen-bond donors (Lipinski definition) is 2. The summed E-state index contributed by atoms with van der Waals surface area (Å²) in [7, 11) is 0. The third-order valence-corrected chi connectivity index (χ3v) is 6.91. The molecule has 2 aromatic carbocycles. The molecule has 3 amide bonds. The van der Waals surface area contributed by atoms with Crippen LogP contribution in [0.3, 0.4) is 0 Å². The first-order valence-corrected chi connectivity index (χ1v) is 15.4. The van der Waals surface area contributed by atoms with Gasteiger partial charge in [0, 0.05) is 19.5 Å². The van der Waals surface area contributed by atoms with E-state index < -0.39 is 23.8 Å². The van der Waals surface area contributed by atoms with Crippen LogP contribution in [0.4, 0.5) is 4.79 Å². The van der Waals surface area contributed by atoms with E-state index >= 15 is 0 Å². The second-order valence-corrected chi connectivity index (χ2v) is 11.8. The highest BCUT2D eigenvalue weighted by Crippen LogP contribution is 2.26. The van der Waals surface area contributed by atoms with E-state index in [1.165, 1.54) is 0 Å². The van der Waals surface area contributed by atoms with Gasteiger partial charge in [-0.3, -0.25) is 9.59 Å². The summed E-state index contributed by atoms with van der Waals surface area (Å²) in [6.07, 6.45) is 8.00. The minimum absolute atomic E-state index is 0.230. The molecule has 0 spiro atoms. The molecule has 0 aliphatic rings. The van der Waals surface area contributed by atoms with Crippen molar-refractivity contribution >= 4 is 24.0 Å². The molecule has 0 saturated carbocycles. The average molecular weight is 578 g/mol. The van der Waals surface area contributed by atoms with Crippen LogP contribution < -0.4 is 10.6 Å². The molecule has 0 radical (unpaired) electrons. The van der Waals surface area contributed by atoms with Crippen molar-refractivity contribution in [3.63, 3.8) is 0 Å². The van der Waals surface area contributed by atoms with E-state index in [2.05, 4.69) is 31.1 Å². The molecule has 2 aromatic rings. The van der Waals surface area contributed by atoms with Crippen molar-refractivity contribution < 1.29 is 19.1 Å². The Bertz CT molecular complexity index is 1130. The second-order valence-electron chi connectivity index (χ2n) is 11.8. The van der Waals surface area contributed by atoms with Gasteiger partial charge in [-0.05, 0) is 56.4 Å². The van der Waals surface area contributed by atoms with E-state index in [4.69, 9.17) is 4.74 Å². The van der Waals surface area contributed by atoms with Crippen LogP contribution in [0.15, 0.2) is 61.2 Å². The molecule has 0 saturated heterocycles. The summed E-state index contributed by atoms with van der Waals surface area (Å²) in [6, 6.07) is 15.4. The number of carbonyl (C=O) groups excluding carboxylic acids is 3. The predicted octanol–water partition coefficient (Wildman–Crippen LogP) is 7.22. The molecule has 2 N–H and O–H groups in total. The predicted molar refractivity (Wildman–Crippen MR) is 171 cm³/mol. The van der Waals surface area contributed by atoms with Crippen LogP contribution in [0.2, 0.25) is 0 Å². The number of nitrogens with zero attached hydrogens (tertiary/aromatic N) is 1. The Kier molecular flexibility index (Phi) is 14.9. The van der Waals surface area contributed by atoms with Crippen molar-refractivity contribution in [1.29, 1.82) is 0 Å². The first kappa shape index (κ1) is 34.6. The molecule has 0 bridgehead atoms. The van der Waals surface area contributed by atoms with E-state index in [0.717, 1.165) is 56.1 Å². The summed E-state index contributed by atoms with van der Waals surface area (Å²) < 4.78 is 5.54. The number of alkyl carbamates (subject to hydrolysis) is 1. The Morgan fingerprint density at radius 3 is 2.26 bits per heavy atom. The van der Waals surface area contributed by atoms with Gasteiger partial charge in [-0.1, -0.05) is 107 Å². The molecule has 0 fully saturated rings. The fraction of sp³-hybridized carbons (Fsp3) is 0.514. The minimum Gasteiger partial charge on any atom is -0.444 e. The molecule has 0 aliphatic carbocycles. The van der Waals surface area contributed by atoms with Crippen molar-refractivity contribution in [3.05, 3.63) is 77.9 Å². The maximum absolute atomic E-state index is 14.5. The SMILES string of the molecule is C=Cc1cccc(C(C(=O)NCCCCC)N(CCCCCC)C(=O)C(Cc2ccccc2)NC(=O)OC(C)(C)C)c1. The molecule has 0 aliphatic heterocycles. The number of amides is 3. The highest BCUT2D eigenvalue weighted by atomic mass is 16.6. The van der Waals surface area contributed by atoms with E-state index in [1.54, 1.807) is 31.7 Å². The molecule has 2 rings (SSSR count). The van der Waals surface area contributed by atoms with E-state index in [0.29, 0.717) is 18.7 Å². The fourth-order valence-corrected chi connectivity index (χ4v) is 4.79. The van der Waals surface area contributed by atoms with Crippen LogP contribution in [0.5, 0.6) is 0 Å². The monoisotopic (exact) mass is 577 g/mol. The minimum atomic E-state index is -0.925. The molecule has 2 unspecified atom stereocenters. The Hall–Kier alpha value is -3.61. The van der Waals surface area contributed by atoms with Crippen molar-refractivity contribution in [2.45, 2.75) is 104 Å². The molecule has 7 heteroatoms. The Balaban J connectivity index is 2.54. The number of hydrogen-bond acceptors (Lipinski definition) is 4. The molecule has 2 atom stereocenters. The van der Waals surface area contributed by atoms with Crippen LogP contribution >= 0.6 is 0 Å². The smallest absolute Gasteiger partial charge is 0.408 e. The fourth-order valence-electron chi connectivity index (χ4n) is 4.79. The molecule has 230 valence electrons. The van der Waals surface area contributed by atoms with Crippen LogP contribution in [-0.2, 0) is 20.7 Å². The summed E-state index contributed by atoms with van der Waals surface area (Å²) >= 11 is 0. The second kappa shape index (κ2) is 18.0. The lowest BCUT2D eigenvalue weighted by molar-refractivity contribution is -0.142. The van der Waals surface area contributed by atoms with Crippen LogP contribution in [0.25, 0.3) is 6.08 Å². The van der Waals surface area contributed by atoms with E-state index in [9.17, 15) is 14.4 Å². The zero-order valence-corrected chi connectivity index (χ0v) is 26.3. The largest absolute Gasteiger partial charge is 0.444 e. The van der Waals surface area contributed by atoms with Crippen LogP contribution in [0, 0.1) is 0 Å². The van der Waals surface area contributed by atoms with Crippen molar-refractivity contribution in [1.82, 2.24) is 15.5 Å². The Morgan fingerprint density at radius 1 is 0.929 bits per heavy atom. The van der Waals surface area contributed by atoms with Crippen molar-refractivity contribution in [2.75, 3.05) is 13.1 Å². The number of benzene rings is 2. The van der Waals surface area contributed by atoms with Gasteiger partial charge in [0.1, 0.15) is 17.7 Å². The molecule has 0 aromatic heterocycles. The Morgan fingerprint density at radius 2 is 1.62 bits per heavy atom. The maximum Gasteiger partial charge on any atom is 0.408 e. The Labute approximate surface area is 253 Å². The van der Waals surface area contributed by atoms with Crippen LogP contribution in [0.1, 0.15) is 102 Å². The lowest BCUT2D eigenvalue weighted by atomic mass is 9.98.